The average Bonchev–Trinajstić information content (AvgIpc) is 3.22. The second-order valence-electron chi connectivity index (χ2n) is 8.56. The number of guanidine groups is 1. The number of aliphatic imine (C=N–C) groups is 1. The number of hydrogen-bond acceptors (Lipinski definition) is 3. The van der Waals surface area contributed by atoms with Crippen molar-refractivity contribution in [3.05, 3.63) is 35.9 Å². The molecule has 2 N–H and O–H groups in total. The molecule has 3 rings (SSSR count). The summed E-state index contributed by atoms with van der Waals surface area (Å²) < 4.78 is 0. The first-order valence-corrected chi connectivity index (χ1v) is 11.1. The molecule has 0 amide bonds. The van der Waals surface area contributed by atoms with Crippen LogP contribution in [0.5, 0.6) is 0 Å². The van der Waals surface area contributed by atoms with Gasteiger partial charge in [0.15, 0.2) is 5.96 Å². The molecule has 0 atom stereocenters. The first-order valence-electron chi connectivity index (χ1n) is 11.1. The van der Waals surface area contributed by atoms with Crippen molar-refractivity contribution in [3.63, 3.8) is 0 Å². The minimum absolute atomic E-state index is 0.264. The Hall–Kier alpha value is -1.59. The van der Waals surface area contributed by atoms with Crippen molar-refractivity contribution in [2.75, 3.05) is 59.9 Å². The number of benzene rings is 1. The fourth-order valence-electron chi connectivity index (χ4n) is 4.62. The van der Waals surface area contributed by atoms with Crippen LogP contribution >= 0.6 is 0 Å². The van der Waals surface area contributed by atoms with Crippen LogP contribution in [0, 0.1) is 0 Å². The highest BCUT2D eigenvalue weighted by atomic mass is 15.2. The molecule has 1 saturated heterocycles. The molecule has 0 spiro atoms. The van der Waals surface area contributed by atoms with Crippen molar-refractivity contribution in [1.82, 2.24) is 20.4 Å². The summed E-state index contributed by atoms with van der Waals surface area (Å²) in [7, 11) is 4.09. The molecule has 1 aromatic carbocycles. The van der Waals surface area contributed by atoms with Gasteiger partial charge in [0, 0.05) is 51.7 Å². The zero-order valence-electron chi connectivity index (χ0n) is 17.9. The van der Waals surface area contributed by atoms with E-state index in [4.69, 9.17) is 0 Å². The fraction of sp³-hybridized carbons (Fsp3) is 0.696. The Morgan fingerprint density at radius 2 is 1.71 bits per heavy atom. The van der Waals surface area contributed by atoms with Gasteiger partial charge >= 0.3 is 0 Å². The van der Waals surface area contributed by atoms with E-state index in [1.807, 2.05) is 7.05 Å². The molecule has 1 aliphatic heterocycles. The van der Waals surface area contributed by atoms with Gasteiger partial charge in [-0.25, -0.2) is 0 Å². The molecule has 2 aliphatic rings. The lowest BCUT2D eigenvalue weighted by atomic mass is 9.79. The van der Waals surface area contributed by atoms with Crippen molar-refractivity contribution in [3.8, 4) is 0 Å². The summed E-state index contributed by atoms with van der Waals surface area (Å²) in [4.78, 5) is 9.46. The number of nitrogens with one attached hydrogen (secondary N) is 2. The molecule has 1 aliphatic carbocycles. The molecule has 28 heavy (non-hydrogen) atoms. The molecule has 2 fully saturated rings. The summed E-state index contributed by atoms with van der Waals surface area (Å²) in [5.41, 5.74) is 1.74. The maximum atomic E-state index is 4.45. The lowest BCUT2D eigenvalue weighted by Gasteiger charge is -2.32. The molecule has 5 heteroatoms. The topological polar surface area (TPSA) is 42.9 Å². The van der Waals surface area contributed by atoms with Crippen molar-refractivity contribution >= 4 is 5.96 Å². The quantitative estimate of drug-likeness (QED) is 0.410. The Labute approximate surface area is 171 Å². The van der Waals surface area contributed by atoms with Crippen LogP contribution in [-0.2, 0) is 5.41 Å². The van der Waals surface area contributed by atoms with Crippen LogP contribution in [0.25, 0.3) is 0 Å². The van der Waals surface area contributed by atoms with E-state index >= 15 is 0 Å². The number of rotatable bonds is 8. The molecule has 1 saturated carbocycles. The largest absolute Gasteiger partial charge is 0.356 e. The van der Waals surface area contributed by atoms with Crippen molar-refractivity contribution < 1.29 is 0 Å². The Balaban J connectivity index is 1.37. The number of likely N-dealkylation sites (N-methyl/N-ethyl adjacent to an activating group) is 1. The smallest absolute Gasteiger partial charge is 0.191 e. The summed E-state index contributed by atoms with van der Waals surface area (Å²) in [5.74, 6) is 0.946. The monoisotopic (exact) mass is 385 g/mol. The molecule has 0 bridgehead atoms. The molecule has 5 nitrogen and oxygen atoms in total. The van der Waals surface area contributed by atoms with E-state index in [0.29, 0.717) is 0 Å². The summed E-state index contributed by atoms with van der Waals surface area (Å²) in [6.45, 7) is 8.03. The Morgan fingerprint density at radius 1 is 1.00 bits per heavy atom. The lowest BCUT2D eigenvalue weighted by molar-refractivity contribution is 0.152. The van der Waals surface area contributed by atoms with Crippen molar-refractivity contribution in [1.29, 1.82) is 0 Å². The molecule has 1 aromatic rings. The maximum Gasteiger partial charge on any atom is 0.191 e. The van der Waals surface area contributed by atoms with E-state index in [-0.39, 0.29) is 5.41 Å². The van der Waals surface area contributed by atoms with Crippen molar-refractivity contribution in [2.24, 2.45) is 4.99 Å². The van der Waals surface area contributed by atoms with Gasteiger partial charge in [-0.3, -0.25) is 4.99 Å². The van der Waals surface area contributed by atoms with Gasteiger partial charge in [-0.1, -0.05) is 43.2 Å². The summed E-state index contributed by atoms with van der Waals surface area (Å²) in [6, 6.07) is 11.0. The lowest BCUT2D eigenvalue weighted by Crippen LogP contribution is -2.45. The van der Waals surface area contributed by atoms with Gasteiger partial charge in [0.05, 0.1) is 0 Å². The molecule has 0 radical (unpaired) electrons. The third-order valence-electron chi connectivity index (χ3n) is 6.55. The minimum Gasteiger partial charge on any atom is -0.356 e. The summed E-state index contributed by atoms with van der Waals surface area (Å²) in [6.07, 6.45) is 7.64. The average molecular weight is 386 g/mol. The zero-order valence-corrected chi connectivity index (χ0v) is 17.9. The predicted molar refractivity (Wildman–Crippen MR) is 119 cm³/mol. The Morgan fingerprint density at radius 3 is 2.39 bits per heavy atom. The Kier molecular flexibility index (Phi) is 8.16. The normalized spacial score (nSPS) is 21.0. The SMILES string of the molecule is CN=C(NCCCCN1CCN(C)CC1)NCC1(c2ccccc2)CCCC1. The number of piperazine rings is 1. The molecule has 156 valence electrons. The van der Waals surface area contributed by atoms with Gasteiger partial charge in [-0.05, 0) is 44.8 Å². The van der Waals surface area contributed by atoms with E-state index in [1.165, 1.54) is 76.8 Å². The molecular formula is C23H39N5. The van der Waals surface area contributed by atoms with Gasteiger partial charge in [-0.2, -0.15) is 0 Å². The van der Waals surface area contributed by atoms with Crippen LogP contribution in [0.4, 0.5) is 0 Å². The fourth-order valence-corrected chi connectivity index (χ4v) is 4.62. The van der Waals surface area contributed by atoms with E-state index < -0.39 is 0 Å². The highest BCUT2D eigenvalue weighted by Crippen LogP contribution is 2.40. The standard InChI is InChI=1S/C23H39N5/c1-24-22(25-14-8-9-15-28-18-16-27(2)17-19-28)26-20-23(12-6-7-13-23)21-10-4-3-5-11-21/h3-5,10-11H,6-9,12-20H2,1-2H3,(H2,24,25,26). The highest BCUT2D eigenvalue weighted by Gasteiger charge is 2.35. The van der Waals surface area contributed by atoms with Crippen LogP contribution in [0.2, 0.25) is 0 Å². The van der Waals surface area contributed by atoms with Crippen LogP contribution in [0.3, 0.4) is 0 Å². The third kappa shape index (κ3) is 5.95. The van der Waals surface area contributed by atoms with Crippen LogP contribution < -0.4 is 10.6 Å². The second-order valence-corrected chi connectivity index (χ2v) is 8.56. The van der Waals surface area contributed by atoms with Gasteiger partial charge < -0.3 is 20.4 Å². The maximum absolute atomic E-state index is 4.45. The van der Waals surface area contributed by atoms with Gasteiger partial charge in [0.1, 0.15) is 0 Å². The highest BCUT2D eigenvalue weighted by molar-refractivity contribution is 5.79. The van der Waals surface area contributed by atoms with Crippen LogP contribution in [-0.4, -0.2) is 75.7 Å². The van der Waals surface area contributed by atoms with Crippen molar-refractivity contribution in [2.45, 2.75) is 43.9 Å². The van der Waals surface area contributed by atoms with E-state index in [2.05, 4.69) is 62.8 Å². The molecule has 1 heterocycles. The summed E-state index contributed by atoms with van der Waals surface area (Å²) >= 11 is 0. The van der Waals surface area contributed by atoms with Gasteiger partial charge in [-0.15, -0.1) is 0 Å². The predicted octanol–water partition coefficient (Wildman–Crippen LogP) is 2.69. The van der Waals surface area contributed by atoms with Crippen LogP contribution in [0.1, 0.15) is 44.1 Å². The zero-order chi connectivity index (χ0) is 19.7. The second kappa shape index (κ2) is 10.8. The number of hydrogen-bond donors (Lipinski definition) is 2. The first-order chi connectivity index (χ1) is 13.7. The minimum atomic E-state index is 0.264. The number of nitrogens with zero attached hydrogens (tertiary/aromatic N) is 3. The number of unbranched alkanes of at least 4 members (excludes halogenated alkanes) is 1. The van der Waals surface area contributed by atoms with Gasteiger partial charge in [0.2, 0.25) is 0 Å². The summed E-state index contributed by atoms with van der Waals surface area (Å²) in [5, 5.41) is 7.14. The van der Waals surface area contributed by atoms with E-state index in [1.54, 1.807) is 0 Å². The van der Waals surface area contributed by atoms with E-state index in [0.717, 1.165) is 19.0 Å². The molecule has 0 aromatic heterocycles. The Bertz CT molecular complexity index is 586. The molecule has 0 unspecified atom stereocenters. The van der Waals surface area contributed by atoms with E-state index in [9.17, 15) is 0 Å². The van der Waals surface area contributed by atoms with Crippen LogP contribution in [0.15, 0.2) is 35.3 Å². The van der Waals surface area contributed by atoms with Gasteiger partial charge in [0.25, 0.3) is 0 Å². The first kappa shape index (κ1) is 21.1. The third-order valence-corrected chi connectivity index (χ3v) is 6.55. The molecular weight excluding hydrogens is 346 g/mol.